The van der Waals surface area contributed by atoms with Crippen LogP contribution in [-0.4, -0.2) is 0 Å². The fourth-order valence-corrected chi connectivity index (χ4v) is 3.41. The first kappa shape index (κ1) is 6.69. The summed E-state index contributed by atoms with van der Waals surface area (Å²) in [5.74, 6) is 1.08. The molecule has 0 heteroatoms. The molecule has 2 bridgehead atoms. The molecule has 0 aromatic heterocycles. The van der Waals surface area contributed by atoms with Crippen molar-refractivity contribution in [2.45, 2.75) is 46.5 Å². The maximum Gasteiger partial charge on any atom is -0.0243 e. The highest BCUT2D eigenvalue weighted by Crippen LogP contribution is 2.71. The predicted molar refractivity (Wildman–Crippen MR) is 43.8 cm³/mol. The minimum atomic E-state index is 0.696. The largest absolute Gasteiger partial charge is 0.0648 e. The molecule has 3 fully saturated rings. The minimum absolute atomic E-state index is 0.696. The van der Waals surface area contributed by atoms with Crippen LogP contribution in [0.5, 0.6) is 0 Å². The molecule has 2 atom stereocenters. The molecule has 0 heterocycles. The average Bonchev–Trinajstić information content (AvgIpc) is 2.41. The van der Waals surface area contributed by atoms with Crippen molar-refractivity contribution in [1.29, 1.82) is 0 Å². The fraction of sp³-hybridized carbons (Fsp3) is 1.00. The quantitative estimate of drug-likeness (QED) is 0.522. The maximum atomic E-state index is 2.47. The van der Waals surface area contributed by atoms with Crippen molar-refractivity contribution < 1.29 is 0 Å². The van der Waals surface area contributed by atoms with Crippen molar-refractivity contribution in [3.63, 3.8) is 0 Å². The van der Waals surface area contributed by atoms with Crippen LogP contribution in [0, 0.1) is 16.7 Å². The van der Waals surface area contributed by atoms with Gasteiger partial charge in [-0.3, -0.25) is 0 Å². The molecule has 3 aliphatic carbocycles. The van der Waals surface area contributed by atoms with E-state index < -0.39 is 0 Å². The van der Waals surface area contributed by atoms with Gasteiger partial charge >= 0.3 is 0 Å². The number of hydrogen-bond acceptors (Lipinski definition) is 0. The molecule has 3 saturated carbocycles. The van der Waals surface area contributed by atoms with Crippen molar-refractivity contribution in [2.75, 3.05) is 0 Å². The highest BCUT2D eigenvalue weighted by atomic mass is 14.7. The number of rotatable bonds is 1. The van der Waals surface area contributed by atoms with Crippen molar-refractivity contribution in [3.8, 4) is 0 Å². The van der Waals surface area contributed by atoms with Crippen LogP contribution >= 0.6 is 0 Å². The molecule has 0 N–H and O–H groups in total. The Morgan fingerprint density at radius 2 is 2.10 bits per heavy atom. The monoisotopic (exact) mass is 138 g/mol. The van der Waals surface area contributed by atoms with E-state index in [1.165, 1.54) is 25.7 Å². The summed E-state index contributed by atoms with van der Waals surface area (Å²) in [7, 11) is 0. The van der Waals surface area contributed by atoms with E-state index in [1.54, 1.807) is 0 Å². The Hall–Kier alpha value is 0. The molecule has 0 amide bonds. The molecule has 3 rings (SSSR count). The Morgan fingerprint density at radius 1 is 1.40 bits per heavy atom. The van der Waals surface area contributed by atoms with Crippen LogP contribution in [0.2, 0.25) is 0 Å². The highest BCUT2D eigenvalue weighted by molar-refractivity contribution is 5.12. The van der Waals surface area contributed by atoms with Crippen LogP contribution < -0.4 is 0 Å². The van der Waals surface area contributed by atoms with E-state index in [1.807, 2.05) is 0 Å². The second-order valence-electron chi connectivity index (χ2n) is 4.80. The normalized spacial score (nSPS) is 48.9. The molecule has 0 aliphatic heterocycles. The maximum absolute atomic E-state index is 2.47. The van der Waals surface area contributed by atoms with Gasteiger partial charge in [0, 0.05) is 0 Å². The van der Waals surface area contributed by atoms with Gasteiger partial charge in [0.1, 0.15) is 0 Å². The molecule has 0 nitrogen and oxygen atoms in total. The van der Waals surface area contributed by atoms with Gasteiger partial charge in [-0.05, 0) is 42.4 Å². The Labute approximate surface area is 64.0 Å². The van der Waals surface area contributed by atoms with Crippen molar-refractivity contribution >= 4 is 0 Å². The van der Waals surface area contributed by atoms with Crippen LogP contribution in [0.4, 0.5) is 0 Å². The second-order valence-corrected chi connectivity index (χ2v) is 4.80. The van der Waals surface area contributed by atoms with Gasteiger partial charge in [-0.1, -0.05) is 20.8 Å². The van der Waals surface area contributed by atoms with Gasteiger partial charge in [0.05, 0.1) is 0 Å². The SMILES string of the molecule is CCC12CCC(C1)C2(C)C. The van der Waals surface area contributed by atoms with Crippen molar-refractivity contribution in [2.24, 2.45) is 16.7 Å². The summed E-state index contributed by atoms with van der Waals surface area (Å²) in [5, 5.41) is 0. The first-order valence-electron chi connectivity index (χ1n) is 4.62. The molecule has 2 unspecified atom stereocenters. The standard InChI is InChI=1S/C10H18/c1-4-10-6-5-8(7-10)9(10,2)3/h8H,4-7H2,1-3H3. The van der Waals surface area contributed by atoms with Crippen LogP contribution in [0.3, 0.4) is 0 Å². The van der Waals surface area contributed by atoms with Crippen molar-refractivity contribution in [1.82, 2.24) is 0 Å². The lowest BCUT2D eigenvalue weighted by Gasteiger charge is -2.55. The zero-order valence-electron chi connectivity index (χ0n) is 7.41. The Balaban J connectivity index is 2.27. The van der Waals surface area contributed by atoms with Crippen molar-refractivity contribution in [3.05, 3.63) is 0 Å². The van der Waals surface area contributed by atoms with Crippen LogP contribution in [0.15, 0.2) is 0 Å². The molecule has 0 spiro atoms. The van der Waals surface area contributed by atoms with Gasteiger partial charge < -0.3 is 0 Å². The summed E-state index contributed by atoms with van der Waals surface area (Å²) < 4.78 is 0. The third-order valence-electron chi connectivity index (χ3n) is 4.67. The van der Waals surface area contributed by atoms with Gasteiger partial charge in [-0.2, -0.15) is 0 Å². The van der Waals surface area contributed by atoms with Gasteiger partial charge in [-0.15, -0.1) is 0 Å². The van der Waals surface area contributed by atoms with E-state index in [4.69, 9.17) is 0 Å². The van der Waals surface area contributed by atoms with Gasteiger partial charge in [0.15, 0.2) is 0 Å². The van der Waals surface area contributed by atoms with E-state index >= 15 is 0 Å². The molecule has 58 valence electrons. The zero-order valence-corrected chi connectivity index (χ0v) is 7.41. The molecular weight excluding hydrogens is 120 g/mol. The van der Waals surface area contributed by atoms with E-state index in [0.717, 1.165) is 11.3 Å². The Morgan fingerprint density at radius 3 is 2.30 bits per heavy atom. The van der Waals surface area contributed by atoms with Crippen LogP contribution in [0.1, 0.15) is 46.5 Å². The van der Waals surface area contributed by atoms with Gasteiger partial charge in [0.2, 0.25) is 0 Å². The molecular formula is C10H18. The summed E-state index contributed by atoms with van der Waals surface area (Å²) >= 11 is 0. The topological polar surface area (TPSA) is 0 Å². The second kappa shape index (κ2) is 1.60. The summed E-state index contributed by atoms with van der Waals surface area (Å²) in [4.78, 5) is 0. The summed E-state index contributed by atoms with van der Waals surface area (Å²) in [6.07, 6.45) is 5.98. The van der Waals surface area contributed by atoms with Crippen LogP contribution in [0.25, 0.3) is 0 Å². The lowest BCUT2D eigenvalue weighted by molar-refractivity contribution is -0.0579. The highest BCUT2D eigenvalue weighted by Gasteiger charge is 2.62. The predicted octanol–water partition coefficient (Wildman–Crippen LogP) is 3.22. The molecule has 3 aliphatic rings. The molecule has 0 saturated heterocycles. The Kier molecular flexibility index (Phi) is 1.07. The summed E-state index contributed by atoms with van der Waals surface area (Å²) in [6, 6.07) is 0. The molecule has 10 heavy (non-hydrogen) atoms. The molecule has 0 aromatic rings. The van der Waals surface area contributed by atoms with E-state index in [9.17, 15) is 0 Å². The molecule has 0 radical (unpaired) electrons. The third kappa shape index (κ3) is 0.466. The third-order valence-corrected chi connectivity index (χ3v) is 4.67. The summed E-state index contributed by atoms with van der Waals surface area (Å²) in [6.45, 7) is 7.30. The van der Waals surface area contributed by atoms with E-state index in [0.29, 0.717) is 5.41 Å². The first-order valence-corrected chi connectivity index (χ1v) is 4.62. The van der Waals surface area contributed by atoms with Gasteiger partial charge in [0.25, 0.3) is 0 Å². The zero-order chi connectivity index (χ0) is 7.41. The fourth-order valence-electron chi connectivity index (χ4n) is 3.41. The lowest BCUT2D eigenvalue weighted by atomic mass is 9.50. The first-order chi connectivity index (χ1) is 4.62. The smallest absolute Gasteiger partial charge is 0.0243 e. The number of hydrogen-bond donors (Lipinski definition) is 0. The number of fused-ring (bicyclic) bond motifs is 1. The van der Waals surface area contributed by atoms with Crippen LogP contribution in [-0.2, 0) is 0 Å². The lowest BCUT2D eigenvalue weighted by Crippen LogP contribution is -2.47. The summed E-state index contributed by atoms with van der Waals surface area (Å²) in [5.41, 5.74) is 1.47. The Bertz CT molecular complexity index is 153. The van der Waals surface area contributed by atoms with E-state index in [-0.39, 0.29) is 0 Å². The molecule has 0 aromatic carbocycles. The van der Waals surface area contributed by atoms with Gasteiger partial charge in [-0.25, -0.2) is 0 Å². The average molecular weight is 138 g/mol. The van der Waals surface area contributed by atoms with E-state index in [2.05, 4.69) is 20.8 Å². The minimum Gasteiger partial charge on any atom is -0.0648 e.